The lowest BCUT2D eigenvalue weighted by atomic mass is 10.3. The number of ether oxygens (including phenoxy) is 1. The Hall–Kier alpha value is -1.20. The maximum absolute atomic E-state index is 11.6. The van der Waals surface area contributed by atoms with Crippen LogP contribution in [-0.4, -0.2) is 31.0 Å². The van der Waals surface area contributed by atoms with Gasteiger partial charge in [0.05, 0.1) is 6.54 Å². The third-order valence-electron chi connectivity index (χ3n) is 2.60. The van der Waals surface area contributed by atoms with Crippen molar-refractivity contribution in [2.75, 3.05) is 23.7 Å². The van der Waals surface area contributed by atoms with Gasteiger partial charge in [-0.25, -0.2) is 4.79 Å². The molecule has 1 unspecified atom stereocenters. The number of nitrogens with two attached hydrogens (primary N) is 1. The molecule has 0 radical (unpaired) electrons. The minimum atomic E-state index is -0.309. The molecule has 1 aromatic carbocycles. The number of amides is 1. The molecule has 5 heteroatoms. The Labute approximate surface area is 105 Å². The van der Waals surface area contributed by atoms with Crippen LogP contribution in [0.5, 0.6) is 0 Å². The zero-order valence-corrected chi connectivity index (χ0v) is 10.6. The van der Waals surface area contributed by atoms with Crippen LogP contribution in [0.4, 0.5) is 10.5 Å². The van der Waals surface area contributed by atoms with Crippen molar-refractivity contribution in [2.24, 2.45) is 5.73 Å². The first-order chi connectivity index (χ1) is 8.24. The fraction of sp³-hybridized carbons (Fsp3) is 0.417. The van der Waals surface area contributed by atoms with Crippen LogP contribution in [0.25, 0.3) is 0 Å². The number of hydrogen-bond acceptors (Lipinski definition) is 4. The summed E-state index contributed by atoms with van der Waals surface area (Å²) in [7, 11) is 0. The van der Waals surface area contributed by atoms with E-state index in [0.717, 1.165) is 11.4 Å². The number of thioether (sulfide) groups is 1. The molecule has 2 N–H and O–H groups in total. The topological polar surface area (TPSA) is 55.6 Å². The normalized spacial score (nSPS) is 19.5. The largest absolute Gasteiger partial charge is 0.443 e. The molecule has 2 rings (SSSR count). The summed E-state index contributed by atoms with van der Waals surface area (Å²) in [6, 6.07) is 7.93. The quantitative estimate of drug-likeness (QED) is 0.834. The second-order valence-electron chi connectivity index (χ2n) is 3.78. The molecule has 1 fully saturated rings. The van der Waals surface area contributed by atoms with Gasteiger partial charge in [-0.05, 0) is 30.0 Å². The highest BCUT2D eigenvalue weighted by atomic mass is 32.2. The van der Waals surface area contributed by atoms with Crippen molar-refractivity contribution < 1.29 is 9.53 Å². The lowest BCUT2D eigenvalue weighted by Gasteiger charge is -2.13. The van der Waals surface area contributed by atoms with E-state index in [-0.39, 0.29) is 12.2 Å². The van der Waals surface area contributed by atoms with E-state index in [4.69, 9.17) is 10.5 Å². The molecule has 0 spiro atoms. The van der Waals surface area contributed by atoms with Crippen LogP contribution < -0.4 is 10.6 Å². The second-order valence-corrected chi connectivity index (χ2v) is 5.12. The van der Waals surface area contributed by atoms with Crippen LogP contribution >= 0.6 is 11.8 Å². The number of carbonyl (C=O) groups is 1. The highest BCUT2D eigenvalue weighted by molar-refractivity contribution is 7.99. The minimum absolute atomic E-state index is 0.188. The van der Waals surface area contributed by atoms with Gasteiger partial charge in [0, 0.05) is 17.1 Å². The van der Waals surface area contributed by atoms with E-state index in [1.165, 1.54) is 4.90 Å². The molecule has 92 valence electrons. The molecule has 17 heavy (non-hydrogen) atoms. The smallest absolute Gasteiger partial charge is 0.414 e. The van der Waals surface area contributed by atoms with E-state index in [1.54, 1.807) is 16.7 Å². The average molecular weight is 252 g/mol. The Morgan fingerprint density at radius 1 is 1.47 bits per heavy atom. The summed E-state index contributed by atoms with van der Waals surface area (Å²) in [5.74, 6) is 1.04. The van der Waals surface area contributed by atoms with Crippen molar-refractivity contribution in [1.29, 1.82) is 0 Å². The summed E-state index contributed by atoms with van der Waals surface area (Å²) in [6.07, 6.45) is -0.497. The first kappa shape index (κ1) is 12.3. The minimum Gasteiger partial charge on any atom is -0.443 e. The van der Waals surface area contributed by atoms with Gasteiger partial charge < -0.3 is 10.5 Å². The molecule has 1 aliphatic heterocycles. The van der Waals surface area contributed by atoms with Crippen LogP contribution in [0.3, 0.4) is 0 Å². The Morgan fingerprint density at radius 2 is 2.18 bits per heavy atom. The van der Waals surface area contributed by atoms with Crippen molar-refractivity contribution in [3.63, 3.8) is 0 Å². The van der Waals surface area contributed by atoms with Crippen LogP contribution in [-0.2, 0) is 4.74 Å². The maximum Gasteiger partial charge on any atom is 0.414 e. The molecule has 4 nitrogen and oxygen atoms in total. The Kier molecular flexibility index (Phi) is 3.91. The van der Waals surface area contributed by atoms with Gasteiger partial charge in [-0.1, -0.05) is 6.92 Å². The Balaban J connectivity index is 2.09. The molecule has 0 saturated carbocycles. The van der Waals surface area contributed by atoms with Crippen LogP contribution in [0.15, 0.2) is 29.2 Å². The SMILES string of the molecule is CCSc1ccc(N2CC(CN)OC2=O)cc1. The number of rotatable bonds is 4. The fourth-order valence-electron chi connectivity index (χ4n) is 1.74. The third-order valence-corrected chi connectivity index (χ3v) is 3.49. The van der Waals surface area contributed by atoms with E-state index in [0.29, 0.717) is 13.1 Å². The Bertz CT molecular complexity index is 394. The van der Waals surface area contributed by atoms with Crippen molar-refractivity contribution in [2.45, 2.75) is 17.9 Å². The number of benzene rings is 1. The number of anilines is 1. The summed E-state index contributed by atoms with van der Waals surface area (Å²) in [5, 5.41) is 0. The zero-order chi connectivity index (χ0) is 12.3. The van der Waals surface area contributed by atoms with E-state index < -0.39 is 0 Å². The first-order valence-electron chi connectivity index (χ1n) is 5.65. The van der Waals surface area contributed by atoms with Gasteiger partial charge >= 0.3 is 6.09 Å². The molecule has 1 amide bonds. The predicted octanol–water partition coefficient (Wildman–Crippen LogP) is 2.08. The van der Waals surface area contributed by atoms with E-state index in [9.17, 15) is 4.79 Å². The Morgan fingerprint density at radius 3 is 2.71 bits per heavy atom. The molecular weight excluding hydrogens is 236 g/mol. The summed E-state index contributed by atoms with van der Waals surface area (Å²) in [5.41, 5.74) is 6.36. The lowest BCUT2D eigenvalue weighted by molar-refractivity contribution is 0.145. The number of hydrogen-bond donors (Lipinski definition) is 1. The van der Waals surface area contributed by atoms with E-state index >= 15 is 0 Å². The summed E-state index contributed by atoms with van der Waals surface area (Å²) < 4.78 is 5.11. The van der Waals surface area contributed by atoms with Gasteiger partial charge in [-0.3, -0.25) is 4.90 Å². The molecule has 1 aliphatic rings. The van der Waals surface area contributed by atoms with Gasteiger partial charge in [0.2, 0.25) is 0 Å². The summed E-state index contributed by atoms with van der Waals surface area (Å²) in [4.78, 5) is 14.4. The molecular formula is C12H16N2O2S. The van der Waals surface area contributed by atoms with Crippen molar-refractivity contribution in [3.05, 3.63) is 24.3 Å². The van der Waals surface area contributed by atoms with Crippen molar-refractivity contribution in [3.8, 4) is 0 Å². The average Bonchev–Trinajstić information content (AvgIpc) is 2.72. The fourth-order valence-corrected chi connectivity index (χ4v) is 2.41. The standard InChI is InChI=1S/C12H16N2O2S/c1-2-17-11-5-3-9(4-6-11)14-8-10(7-13)16-12(14)15/h3-6,10H,2,7-8,13H2,1H3. The van der Waals surface area contributed by atoms with E-state index in [1.807, 2.05) is 24.3 Å². The van der Waals surface area contributed by atoms with Gasteiger partial charge in [-0.15, -0.1) is 11.8 Å². The van der Waals surface area contributed by atoms with Gasteiger partial charge in [0.15, 0.2) is 0 Å². The van der Waals surface area contributed by atoms with Crippen molar-refractivity contribution >= 4 is 23.5 Å². The number of carbonyl (C=O) groups excluding carboxylic acids is 1. The molecule has 0 aliphatic carbocycles. The second kappa shape index (κ2) is 5.42. The molecule has 0 aromatic heterocycles. The predicted molar refractivity (Wildman–Crippen MR) is 69.5 cm³/mol. The van der Waals surface area contributed by atoms with Gasteiger partial charge in [0.25, 0.3) is 0 Å². The van der Waals surface area contributed by atoms with Crippen molar-refractivity contribution in [1.82, 2.24) is 0 Å². The highest BCUT2D eigenvalue weighted by Crippen LogP contribution is 2.25. The lowest BCUT2D eigenvalue weighted by Crippen LogP contribution is -2.27. The molecule has 0 bridgehead atoms. The van der Waals surface area contributed by atoms with E-state index in [2.05, 4.69) is 6.92 Å². The zero-order valence-electron chi connectivity index (χ0n) is 9.76. The van der Waals surface area contributed by atoms with Crippen LogP contribution in [0.1, 0.15) is 6.92 Å². The molecule has 1 saturated heterocycles. The summed E-state index contributed by atoms with van der Waals surface area (Å²) >= 11 is 1.78. The monoisotopic (exact) mass is 252 g/mol. The molecule has 1 aromatic rings. The van der Waals surface area contributed by atoms with Crippen LogP contribution in [0.2, 0.25) is 0 Å². The number of cyclic esters (lactones) is 1. The first-order valence-corrected chi connectivity index (χ1v) is 6.64. The van der Waals surface area contributed by atoms with Gasteiger partial charge in [-0.2, -0.15) is 0 Å². The molecule has 1 heterocycles. The number of nitrogens with zero attached hydrogens (tertiary/aromatic N) is 1. The molecule has 1 atom stereocenters. The van der Waals surface area contributed by atoms with Crippen LogP contribution in [0, 0.1) is 0 Å². The summed E-state index contributed by atoms with van der Waals surface area (Å²) in [6.45, 7) is 3.02. The van der Waals surface area contributed by atoms with Gasteiger partial charge in [0.1, 0.15) is 6.10 Å². The maximum atomic E-state index is 11.6. The third kappa shape index (κ3) is 2.73. The highest BCUT2D eigenvalue weighted by Gasteiger charge is 2.31.